The zero-order valence-electron chi connectivity index (χ0n) is 14.0. The van der Waals surface area contributed by atoms with E-state index in [9.17, 15) is 9.18 Å². The van der Waals surface area contributed by atoms with E-state index in [-0.39, 0.29) is 17.5 Å². The molecule has 0 fully saturated rings. The fourth-order valence-electron chi connectivity index (χ4n) is 2.51. The highest BCUT2D eigenvalue weighted by molar-refractivity contribution is 7.14. The summed E-state index contributed by atoms with van der Waals surface area (Å²) < 4.78 is 18.4. The molecule has 7 heteroatoms. The molecule has 2 aromatic heterocycles. The normalized spacial score (nSPS) is 10.6. The lowest BCUT2D eigenvalue weighted by atomic mass is 10.1. The number of carbonyl (C=O) groups excluding carboxylic acids is 1. The number of hydrogen-bond acceptors (Lipinski definition) is 5. The Morgan fingerprint density at radius 1 is 1.04 bits per heavy atom. The third-order valence-corrected chi connectivity index (χ3v) is 4.50. The smallest absolute Gasteiger partial charge is 0.291 e. The number of rotatable bonds is 5. The first-order chi connectivity index (χ1) is 13.2. The van der Waals surface area contributed by atoms with Gasteiger partial charge in [0.1, 0.15) is 5.82 Å². The molecule has 0 aliphatic rings. The Balaban J connectivity index is 1.50. The molecule has 0 bridgehead atoms. The maximum atomic E-state index is 13.3. The summed E-state index contributed by atoms with van der Waals surface area (Å²) in [6.07, 6.45) is 1.45. The van der Waals surface area contributed by atoms with E-state index in [1.807, 2.05) is 23.6 Å². The van der Waals surface area contributed by atoms with Crippen LogP contribution in [-0.2, 0) is 0 Å². The molecule has 4 aromatic rings. The molecule has 0 radical (unpaired) electrons. The number of anilines is 3. The van der Waals surface area contributed by atoms with Crippen LogP contribution in [0, 0.1) is 5.82 Å². The molecule has 0 saturated heterocycles. The van der Waals surface area contributed by atoms with Gasteiger partial charge in [0.25, 0.3) is 5.91 Å². The molecule has 0 spiro atoms. The molecule has 2 heterocycles. The summed E-state index contributed by atoms with van der Waals surface area (Å²) in [5.74, 6) is -0.378. The van der Waals surface area contributed by atoms with Crippen LogP contribution in [0.4, 0.5) is 20.9 Å². The standard InChI is InChI=1S/C20H14FN3O2S/c21-14-5-2-7-16(11-14)23-20-24-17(12-27-20)13-4-1-6-15(10-13)22-19(25)18-8-3-9-26-18/h1-12H,(H,22,25)(H,23,24). The van der Waals surface area contributed by atoms with Gasteiger partial charge in [-0.2, -0.15) is 0 Å². The monoisotopic (exact) mass is 379 g/mol. The second kappa shape index (κ2) is 7.43. The Morgan fingerprint density at radius 2 is 1.89 bits per heavy atom. The summed E-state index contributed by atoms with van der Waals surface area (Å²) in [6, 6.07) is 16.8. The van der Waals surface area contributed by atoms with Gasteiger partial charge in [-0.3, -0.25) is 4.79 Å². The number of carbonyl (C=O) groups is 1. The summed E-state index contributed by atoms with van der Waals surface area (Å²) >= 11 is 1.42. The minimum atomic E-state index is -0.316. The number of aromatic nitrogens is 1. The molecule has 2 N–H and O–H groups in total. The second-order valence-corrected chi connectivity index (χ2v) is 6.54. The Bertz CT molecular complexity index is 1080. The lowest BCUT2D eigenvalue weighted by Gasteiger charge is -2.05. The van der Waals surface area contributed by atoms with Crippen LogP contribution >= 0.6 is 11.3 Å². The predicted octanol–water partition coefficient (Wildman–Crippen LogP) is 5.54. The van der Waals surface area contributed by atoms with Crippen LogP contribution in [0.5, 0.6) is 0 Å². The van der Waals surface area contributed by atoms with Gasteiger partial charge in [0, 0.05) is 22.3 Å². The molecular formula is C20H14FN3O2S. The minimum absolute atomic E-state index is 0.246. The predicted molar refractivity (Wildman–Crippen MR) is 104 cm³/mol. The number of nitrogens with one attached hydrogen (secondary N) is 2. The fourth-order valence-corrected chi connectivity index (χ4v) is 3.25. The Hall–Kier alpha value is -3.45. The molecule has 27 heavy (non-hydrogen) atoms. The summed E-state index contributed by atoms with van der Waals surface area (Å²) in [7, 11) is 0. The quantitative estimate of drug-likeness (QED) is 0.478. The first-order valence-corrected chi connectivity index (χ1v) is 8.99. The van der Waals surface area contributed by atoms with Gasteiger partial charge in [-0.1, -0.05) is 18.2 Å². The number of hydrogen-bond donors (Lipinski definition) is 2. The maximum Gasteiger partial charge on any atom is 0.291 e. The summed E-state index contributed by atoms with van der Waals surface area (Å²) in [6.45, 7) is 0. The highest BCUT2D eigenvalue weighted by Gasteiger charge is 2.10. The molecule has 0 unspecified atom stereocenters. The van der Waals surface area contributed by atoms with Crippen molar-refractivity contribution >= 4 is 33.8 Å². The van der Waals surface area contributed by atoms with E-state index in [0.717, 1.165) is 11.3 Å². The molecule has 134 valence electrons. The van der Waals surface area contributed by atoms with Crippen LogP contribution in [0.3, 0.4) is 0 Å². The number of halogens is 1. The number of furan rings is 1. The van der Waals surface area contributed by atoms with Crippen molar-refractivity contribution in [1.82, 2.24) is 4.98 Å². The van der Waals surface area contributed by atoms with Crippen molar-refractivity contribution in [2.24, 2.45) is 0 Å². The lowest BCUT2D eigenvalue weighted by Crippen LogP contribution is -2.10. The van der Waals surface area contributed by atoms with Gasteiger partial charge in [0.05, 0.1) is 12.0 Å². The van der Waals surface area contributed by atoms with Crippen molar-refractivity contribution in [2.45, 2.75) is 0 Å². The third-order valence-electron chi connectivity index (χ3n) is 3.74. The van der Waals surface area contributed by atoms with Crippen LogP contribution in [0.25, 0.3) is 11.3 Å². The number of thiazole rings is 1. The van der Waals surface area contributed by atoms with Gasteiger partial charge in [-0.25, -0.2) is 9.37 Å². The lowest BCUT2D eigenvalue weighted by molar-refractivity contribution is 0.0996. The van der Waals surface area contributed by atoms with Gasteiger partial charge in [0.2, 0.25) is 0 Å². The Kier molecular flexibility index (Phi) is 4.67. The van der Waals surface area contributed by atoms with Crippen molar-refractivity contribution in [3.8, 4) is 11.3 Å². The average molecular weight is 379 g/mol. The van der Waals surface area contributed by atoms with Gasteiger partial charge < -0.3 is 15.1 Å². The van der Waals surface area contributed by atoms with Gasteiger partial charge >= 0.3 is 0 Å². The van der Waals surface area contributed by atoms with Crippen molar-refractivity contribution in [2.75, 3.05) is 10.6 Å². The van der Waals surface area contributed by atoms with Crippen LogP contribution in [0.2, 0.25) is 0 Å². The number of amides is 1. The van der Waals surface area contributed by atoms with E-state index in [2.05, 4.69) is 15.6 Å². The molecule has 4 rings (SSSR count). The van der Waals surface area contributed by atoms with E-state index in [1.54, 1.807) is 30.3 Å². The first-order valence-electron chi connectivity index (χ1n) is 8.11. The molecule has 2 aromatic carbocycles. The largest absolute Gasteiger partial charge is 0.459 e. The maximum absolute atomic E-state index is 13.3. The summed E-state index contributed by atoms with van der Waals surface area (Å²) in [5.41, 5.74) is 2.89. The van der Waals surface area contributed by atoms with E-state index < -0.39 is 0 Å². The fraction of sp³-hybridized carbons (Fsp3) is 0. The minimum Gasteiger partial charge on any atom is -0.459 e. The molecule has 5 nitrogen and oxygen atoms in total. The number of benzene rings is 2. The van der Waals surface area contributed by atoms with Crippen molar-refractivity contribution in [3.63, 3.8) is 0 Å². The molecule has 1 amide bonds. The molecule has 0 aliphatic carbocycles. The van der Waals surface area contributed by atoms with Crippen LogP contribution in [0.1, 0.15) is 10.6 Å². The second-order valence-electron chi connectivity index (χ2n) is 5.69. The highest BCUT2D eigenvalue weighted by atomic mass is 32.1. The van der Waals surface area contributed by atoms with Crippen molar-refractivity contribution < 1.29 is 13.6 Å². The van der Waals surface area contributed by atoms with E-state index in [4.69, 9.17) is 4.42 Å². The van der Waals surface area contributed by atoms with E-state index >= 15 is 0 Å². The third kappa shape index (κ3) is 4.04. The van der Waals surface area contributed by atoms with Crippen molar-refractivity contribution in [3.05, 3.63) is 83.9 Å². The molecule has 0 atom stereocenters. The Labute approximate surface area is 158 Å². The zero-order valence-corrected chi connectivity index (χ0v) is 14.8. The van der Waals surface area contributed by atoms with Gasteiger partial charge in [0.15, 0.2) is 10.9 Å². The van der Waals surface area contributed by atoms with Gasteiger partial charge in [-0.15, -0.1) is 11.3 Å². The van der Waals surface area contributed by atoms with Gasteiger partial charge in [-0.05, 0) is 42.5 Å². The molecule has 0 aliphatic heterocycles. The molecular weight excluding hydrogens is 365 g/mol. The highest BCUT2D eigenvalue weighted by Crippen LogP contribution is 2.28. The Morgan fingerprint density at radius 3 is 2.70 bits per heavy atom. The van der Waals surface area contributed by atoms with E-state index in [0.29, 0.717) is 16.5 Å². The molecule has 0 saturated carbocycles. The summed E-state index contributed by atoms with van der Waals surface area (Å²) in [5, 5.41) is 8.43. The number of nitrogens with zero attached hydrogens (tertiary/aromatic N) is 1. The van der Waals surface area contributed by atoms with Crippen molar-refractivity contribution in [1.29, 1.82) is 0 Å². The average Bonchev–Trinajstić information content (AvgIpc) is 3.34. The zero-order chi connectivity index (χ0) is 18.6. The van der Waals surface area contributed by atoms with Crippen LogP contribution < -0.4 is 10.6 Å². The van der Waals surface area contributed by atoms with Crippen LogP contribution in [-0.4, -0.2) is 10.9 Å². The summed E-state index contributed by atoms with van der Waals surface area (Å²) in [4.78, 5) is 16.6. The van der Waals surface area contributed by atoms with Crippen LogP contribution in [0.15, 0.2) is 76.7 Å². The first kappa shape index (κ1) is 17.0. The SMILES string of the molecule is O=C(Nc1cccc(-c2csc(Nc3cccc(F)c3)n2)c1)c1ccco1. The topological polar surface area (TPSA) is 67.2 Å². The van der Waals surface area contributed by atoms with E-state index in [1.165, 1.54) is 29.7 Å².